The lowest BCUT2D eigenvalue weighted by atomic mass is 9.82. The Morgan fingerprint density at radius 1 is 0.323 bits per heavy atom. The van der Waals surface area contributed by atoms with Crippen molar-refractivity contribution < 1.29 is 8.83 Å². The van der Waals surface area contributed by atoms with Crippen molar-refractivity contribution in [1.82, 2.24) is 15.0 Å². The molecule has 3 heterocycles. The molecule has 0 amide bonds. The summed E-state index contributed by atoms with van der Waals surface area (Å²) in [6.45, 7) is 4.66. The Hall–Kier alpha value is -8.41. The van der Waals surface area contributed by atoms with E-state index in [1.807, 2.05) is 48.5 Å². The van der Waals surface area contributed by atoms with Gasteiger partial charge in [-0.2, -0.15) is 0 Å². The number of hydrogen-bond donors (Lipinski definition) is 0. The maximum Gasteiger partial charge on any atom is 0.164 e. The molecule has 306 valence electrons. The molecule has 5 nitrogen and oxygen atoms in total. The molecule has 1 aliphatic rings. The van der Waals surface area contributed by atoms with Crippen LogP contribution in [0.2, 0.25) is 0 Å². The van der Waals surface area contributed by atoms with E-state index < -0.39 is 0 Å². The van der Waals surface area contributed by atoms with Gasteiger partial charge in [0.15, 0.2) is 17.5 Å². The first-order valence-electron chi connectivity index (χ1n) is 22.1. The lowest BCUT2D eigenvalue weighted by molar-refractivity contribution is 0.660. The third kappa shape index (κ3) is 5.89. The highest BCUT2D eigenvalue weighted by Gasteiger charge is 2.36. The van der Waals surface area contributed by atoms with Gasteiger partial charge in [-0.3, -0.25) is 0 Å². The monoisotopic (exact) mass is 833 g/mol. The number of para-hydroxylation sites is 1. The zero-order chi connectivity index (χ0) is 43.2. The third-order valence-electron chi connectivity index (χ3n) is 13.4. The van der Waals surface area contributed by atoms with Crippen molar-refractivity contribution in [3.63, 3.8) is 0 Å². The zero-order valence-electron chi connectivity index (χ0n) is 35.7. The van der Waals surface area contributed by atoms with Gasteiger partial charge in [-0.25, -0.2) is 15.0 Å². The van der Waals surface area contributed by atoms with Crippen molar-refractivity contribution in [2.75, 3.05) is 0 Å². The second-order valence-corrected chi connectivity index (χ2v) is 17.5. The van der Waals surface area contributed by atoms with Crippen LogP contribution in [0.1, 0.15) is 25.0 Å². The lowest BCUT2D eigenvalue weighted by Gasteiger charge is -2.21. The largest absolute Gasteiger partial charge is 0.456 e. The number of rotatable bonds is 6. The van der Waals surface area contributed by atoms with Gasteiger partial charge < -0.3 is 8.83 Å². The van der Waals surface area contributed by atoms with Gasteiger partial charge in [0, 0.05) is 43.7 Å². The van der Waals surface area contributed by atoms with E-state index in [0.29, 0.717) is 17.5 Å². The maximum atomic E-state index is 6.58. The molecule has 12 aromatic rings. The van der Waals surface area contributed by atoms with Crippen LogP contribution in [0.4, 0.5) is 0 Å². The van der Waals surface area contributed by atoms with E-state index in [-0.39, 0.29) is 5.41 Å². The fourth-order valence-electron chi connectivity index (χ4n) is 10.2. The summed E-state index contributed by atoms with van der Waals surface area (Å²) in [5.74, 6) is 1.70. The van der Waals surface area contributed by atoms with Crippen LogP contribution in [0.25, 0.3) is 123 Å². The smallest absolute Gasteiger partial charge is 0.164 e. The number of benzene rings is 9. The van der Waals surface area contributed by atoms with Gasteiger partial charge in [0.1, 0.15) is 22.3 Å². The van der Waals surface area contributed by atoms with Crippen LogP contribution >= 0.6 is 0 Å². The van der Waals surface area contributed by atoms with Gasteiger partial charge in [0.25, 0.3) is 0 Å². The van der Waals surface area contributed by atoms with Crippen molar-refractivity contribution in [3.05, 3.63) is 211 Å². The Morgan fingerprint density at radius 2 is 0.815 bits per heavy atom. The summed E-state index contributed by atoms with van der Waals surface area (Å²) >= 11 is 0. The third-order valence-corrected chi connectivity index (χ3v) is 13.4. The van der Waals surface area contributed by atoms with Crippen molar-refractivity contribution in [1.29, 1.82) is 0 Å². The minimum Gasteiger partial charge on any atom is -0.456 e. The van der Waals surface area contributed by atoms with Crippen LogP contribution in [-0.2, 0) is 5.41 Å². The summed E-state index contributed by atoms with van der Waals surface area (Å²) < 4.78 is 12.9. The van der Waals surface area contributed by atoms with Crippen molar-refractivity contribution >= 4 is 43.9 Å². The van der Waals surface area contributed by atoms with Crippen LogP contribution in [0.5, 0.6) is 0 Å². The highest BCUT2D eigenvalue weighted by molar-refractivity contribution is 6.14. The fourth-order valence-corrected chi connectivity index (χ4v) is 10.2. The van der Waals surface area contributed by atoms with Crippen LogP contribution in [-0.4, -0.2) is 15.0 Å². The minimum atomic E-state index is -0.0514. The van der Waals surface area contributed by atoms with Crippen LogP contribution in [0, 0.1) is 0 Å². The molecule has 65 heavy (non-hydrogen) atoms. The molecular formula is C60H39N3O2. The first-order chi connectivity index (χ1) is 32.0. The van der Waals surface area contributed by atoms with Crippen LogP contribution in [0.3, 0.4) is 0 Å². The molecular weight excluding hydrogens is 795 g/mol. The van der Waals surface area contributed by atoms with Gasteiger partial charge in [-0.1, -0.05) is 178 Å². The average molecular weight is 834 g/mol. The summed E-state index contributed by atoms with van der Waals surface area (Å²) in [5, 5.41) is 3.93. The summed E-state index contributed by atoms with van der Waals surface area (Å²) in [5.41, 5.74) is 18.0. The van der Waals surface area contributed by atoms with Crippen LogP contribution in [0.15, 0.2) is 209 Å². The van der Waals surface area contributed by atoms with E-state index in [4.69, 9.17) is 23.8 Å². The Balaban J connectivity index is 0.959. The molecule has 0 unspecified atom stereocenters. The van der Waals surface area contributed by atoms with Gasteiger partial charge in [-0.05, 0) is 92.0 Å². The number of furan rings is 2. The molecule has 0 saturated heterocycles. The van der Waals surface area contributed by atoms with Gasteiger partial charge in [0.2, 0.25) is 0 Å². The van der Waals surface area contributed by atoms with E-state index in [0.717, 1.165) is 82.8 Å². The van der Waals surface area contributed by atoms with E-state index in [1.165, 1.54) is 33.4 Å². The van der Waals surface area contributed by atoms with E-state index in [9.17, 15) is 0 Å². The minimum absolute atomic E-state index is 0.0514. The molecule has 0 radical (unpaired) electrons. The number of aromatic nitrogens is 3. The van der Waals surface area contributed by atoms with Crippen molar-refractivity contribution in [2.45, 2.75) is 19.3 Å². The summed E-state index contributed by atoms with van der Waals surface area (Å²) in [6, 6.07) is 70.2. The number of nitrogens with zero attached hydrogens (tertiary/aromatic N) is 3. The average Bonchev–Trinajstić information content (AvgIpc) is 4.01. The van der Waals surface area contributed by atoms with Gasteiger partial charge in [0.05, 0.1) is 0 Å². The predicted octanol–water partition coefficient (Wildman–Crippen LogP) is 16.0. The van der Waals surface area contributed by atoms with Crippen molar-refractivity contribution in [3.8, 4) is 78.7 Å². The van der Waals surface area contributed by atoms with Gasteiger partial charge >= 0.3 is 0 Å². The molecule has 0 aliphatic heterocycles. The molecule has 0 saturated carbocycles. The quantitative estimate of drug-likeness (QED) is 0.167. The summed E-state index contributed by atoms with van der Waals surface area (Å²) in [7, 11) is 0. The second kappa shape index (κ2) is 14.3. The molecule has 0 fully saturated rings. The Kier molecular flexibility index (Phi) is 8.18. The highest BCUT2D eigenvalue weighted by Crippen LogP contribution is 2.52. The molecule has 0 atom stereocenters. The van der Waals surface area contributed by atoms with Crippen LogP contribution < -0.4 is 0 Å². The number of fused-ring (bicyclic) bond motifs is 9. The Morgan fingerprint density at radius 3 is 1.60 bits per heavy atom. The topological polar surface area (TPSA) is 65.0 Å². The normalized spacial score (nSPS) is 12.9. The molecule has 9 aromatic carbocycles. The molecule has 0 N–H and O–H groups in total. The molecule has 3 aromatic heterocycles. The molecule has 1 aliphatic carbocycles. The first-order valence-corrected chi connectivity index (χ1v) is 22.1. The van der Waals surface area contributed by atoms with E-state index in [1.54, 1.807) is 0 Å². The van der Waals surface area contributed by atoms with Crippen molar-refractivity contribution in [2.24, 2.45) is 0 Å². The molecule has 5 heteroatoms. The Bertz CT molecular complexity index is 3860. The second-order valence-electron chi connectivity index (χ2n) is 17.5. The first kappa shape index (κ1) is 37.2. The lowest BCUT2D eigenvalue weighted by Crippen LogP contribution is -2.14. The standard InChI is InChI=1S/C60H39N3O2/c1-60(2)48-23-8-6-18-43(48)54-42(20-11-24-49(54)60)38-30-28-37(29-31-38)40-32-33-51-47(35-40)56-46(22-13-27-53(56)65-51)59-62-57(41-17-10-16-39(34-41)36-14-4-3-5-15-36)61-58(63-59)45-21-12-26-52-55(45)44-19-7-9-25-50(44)64-52/h3-35H,1-2H3. The van der Waals surface area contributed by atoms with E-state index >= 15 is 0 Å². The maximum absolute atomic E-state index is 6.58. The SMILES string of the molecule is CC1(C)c2ccccc2-c2c(-c3ccc(-c4ccc5oc6cccc(-c7nc(-c8cccc(-c9ccccc9)c8)nc(-c8cccc9oc%10ccccc%10c89)n7)c6c5c4)cc3)cccc21. The molecule has 0 bridgehead atoms. The Labute approximate surface area is 375 Å². The fraction of sp³-hybridized carbons (Fsp3) is 0.0500. The zero-order valence-corrected chi connectivity index (χ0v) is 35.7. The summed E-state index contributed by atoms with van der Waals surface area (Å²) in [4.78, 5) is 15.8. The number of hydrogen-bond acceptors (Lipinski definition) is 5. The highest BCUT2D eigenvalue weighted by atomic mass is 16.3. The molecule has 13 rings (SSSR count). The predicted molar refractivity (Wildman–Crippen MR) is 265 cm³/mol. The van der Waals surface area contributed by atoms with Gasteiger partial charge in [-0.15, -0.1) is 0 Å². The summed E-state index contributed by atoms with van der Waals surface area (Å²) in [6.07, 6.45) is 0. The van der Waals surface area contributed by atoms with E-state index in [2.05, 4.69) is 166 Å². The molecule has 0 spiro atoms.